The highest BCUT2D eigenvalue weighted by molar-refractivity contribution is 7.90. The monoisotopic (exact) mass is 336 g/mol. The van der Waals surface area contributed by atoms with E-state index in [1.54, 1.807) is 23.2 Å². The molecular formula is C16H24N4O2S. The zero-order valence-electron chi connectivity index (χ0n) is 14.1. The first-order valence-electron chi connectivity index (χ1n) is 7.84. The maximum absolute atomic E-state index is 12.6. The fourth-order valence-electron chi connectivity index (χ4n) is 2.49. The molecule has 1 N–H and O–H groups in total. The Balaban J connectivity index is 2.26. The Bertz CT molecular complexity index is 725. The van der Waals surface area contributed by atoms with Crippen LogP contribution in [0.2, 0.25) is 0 Å². The maximum Gasteiger partial charge on any atom is 0.264 e. The molecule has 1 aliphatic rings. The standard InChI is InChI=1S/C16H24N4O2S/c1-5-14-11-20(18-13(14)4)16(17-6-2)19-23(21,22)15-9-7-8-12(3)10-15/h7-10,14H,5-6,11H2,1-4H3,(H,17,19). The van der Waals surface area contributed by atoms with Gasteiger partial charge in [0.15, 0.2) is 0 Å². The van der Waals surface area contributed by atoms with Gasteiger partial charge in [0.1, 0.15) is 0 Å². The van der Waals surface area contributed by atoms with Gasteiger partial charge in [-0.3, -0.25) is 4.99 Å². The lowest BCUT2D eigenvalue weighted by atomic mass is 10.0. The molecule has 0 bridgehead atoms. The number of aliphatic imine (C=N–C) groups is 1. The van der Waals surface area contributed by atoms with Gasteiger partial charge < -0.3 is 0 Å². The van der Waals surface area contributed by atoms with Gasteiger partial charge in [-0.15, -0.1) is 0 Å². The SMILES string of the molecule is CCN=C(NS(=O)(=O)c1cccc(C)c1)N1CC(CC)C(C)=N1. The van der Waals surface area contributed by atoms with E-state index in [1.807, 2.05) is 26.8 Å². The third-order valence-electron chi connectivity index (χ3n) is 3.83. The number of aryl methyl sites for hydroxylation is 1. The van der Waals surface area contributed by atoms with E-state index < -0.39 is 10.0 Å². The van der Waals surface area contributed by atoms with E-state index >= 15 is 0 Å². The van der Waals surface area contributed by atoms with Gasteiger partial charge >= 0.3 is 0 Å². The van der Waals surface area contributed by atoms with E-state index in [1.165, 1.54) is 0 Å². The second-order valence-corrected chi connectivity index (χ2v) is 7.33. The number of nitrogens with zero attached hydrogens (tertiary/aromatic N) is 3. The molecule has 1 aromatic carbocycles. The van der Waals surface area contributed by atoms with E-state index in [0.717, 1.165) is 17.7 Å². The number of hydrogen-bond donors (Lipinski definition) is 1. The predicted molar refractivity (Wildman–Crippen MR) is 93.1 cm³/mol. The van der Waals surface area contributed by atoms with Crippen molar-refractivity contribution in [3.8, 4) is 0 Å². The summed E-state index contributed by atoms with van der Waals surface area (Å²) in [5.41, 5.74) is 1.90. The molecule has 1 atom stereocenters. The van der Waals surface area contributed by atoms with Gasteiger partial charge in [-0.1, -0.05) is 19.1 Å². The molecule has 1 heterocycles. The van der Waals surface area contributed by atoms with Crippen molar-refractivity contribution in [2.24, 2.45) is 16.0 Å². The molecule has 1 unspecified atom stereocenters. The molecule has 1 aliphatic heterocycles. The second-order valence-electron chi connectivity index (χ2n) is 5.65. The molecule has 126 valence electrons. The summed E-state index contributed by atoms with van der Waals surface area (Å²) in [5, 5.41) is 6.10. The lowest BCUT2D eigenvalue weighted by molar-refractivity contribution is 0.429. The van der Waals surface area contributed by atoms with Crippen LogP contribution in [0.3, 0.4) is 0 Å². The minimum atomic E-state index is -3.68. The molecule has 23 heavy (non-hydrogen) atoms. The van der Waals surface area contributed by atoms with E-state index in [4.69, 9.17) is 0 Å². The van der Waals surface area contributed by atoms with Crippen molar-refractivity contribution in [2.45, 2.75) is 39.0 Å². The molecule has 1 aromatic rings. The zero-order chi connectivity index (χ0) is 17.0. The largest absolute Gasteiger partial charge is 0.264 e. The number of nitrogens with one attached hydrogen (secondary N) is 1. The number of hydrogen-bond acceptors (Lipinski definition) is 4. The van der Waals surface area contributed by atoms with Crippen LogP contribution in [0.1, 0.15) is 32.8 Å². The average Bonchev–Trinajstić information content (AvgIpc) is 2.88. The Morgan fingerprint density at radius 3 is 2.70 bits per heavy atom. The maximum atomic E-state index is 12.6. The molecule has 0 saturated carbocycles. The molecule has 0 radical (unpaired) electrons. The van der Waals surface area contributed by atoms with Crippen LogP contribution in [0.5, 0.6) is 0 Å². The smallest absolute Gasteiger partial charge is 0.251 e. The summed E-state index contributed by atoms with van der Waals surface area (Å²) in [5.74, 6) is 0.616. The van der Waals surface area contributed by atoms with Crippen molar-refractivity contribution in [2.75, 3.05) is 13.1 Å². The molecule has 7 heteroatoms. The fraction of sp³-hybridized carbons (Fsp3) is 0.500. The molecule has 0 aliphatic carbocycles. The van der Waals surface area contributed by atoms with Crippen molar-refractivity contribution in [1.29, 1.82) is 0 Å². The molecular weight excluding hydrogens is 312 g/mol. The average molecular weight is 336 g/mol. The van der Waals surface area contributed by atoms with Crippen LogP contribution in [0.4, 0.5) is 0 Å². The lowest BCUT2D eigenvalue weighted by Crippen LogP contribution is -2.41. The zero-order valence-corrected chi connectivity index (χ0v) is 14.9. The fourth-order valence-corrected chi connectivity index (χ4v) is 3.62. The number of sulfonamides is 1. The van der Waals surface area contributed by atoms with Crippen molar-refractivity contribution in [1.82, 2.24) is 9.73 Å². The van der Waals surface area contributed by atoms with Crippen LogP contribution in [-0.4, -0.2) is 38.2 Å². The van der Waals surface area contributed by atoms with Crippen molar-refractivity contribution < 1.29 is 8.42 Å². The van der Waals surface area contributed by atoms with Gasteiger partial charge in [0.2, 0.25) is 5.96 Å². The molecule has 2 rings (SSSR count). The predicted octanol–water partition coefficient (Wildman–Crippen LogP) is 2.37. The Morgan fingerprint density at radius 2 is 2.13 bits per heavy atom. The Hall–Kier alpha value is -1.89. The quantitative estimate of drug-likeness (QED) is 0.677. The van der Waals surface area contributed by atoms with E-state index in [2.05, 4.69) is 21.7 Å². The normalized spacial score (nSPS) is 19.0. The molecule has 0 saturated heterocycles. The second kappa shape index (κ2) is 7.12. The summed E-state index contributed by atoms with van der Waals surface area (Å²) in [7, 11) is -3.68. The van der Waals surface area contributed by atoms with Gasteiger partial charge in [-0.05, 0) is 44.9 Å². The van der Waals surface area contributed by atoms with Crippen LogP contribution in [0.15, 0.2) is 39.3 Å². The Labute approximate surface area is 138 Å². The first-order valence-corrected chi connectivity index (χ1v) is 9.32. The third kappa shape index (κ3) is 4.10. The molecule has 6 nitrogen and oxygen atoms in total. The highest BCUT2D eigenvalue weighted by Gasteiger charge is 2.27. The van der Waals surface area contributed by atoms with E-state index in [0.29, 0.717) is 19.0 Å². The minimum absolute atomic E-state index is 0.230. The molecule has 0 amide bonds. The summed E-state index contributed by atoms with van der Waals surface area (Å²) in [4.78, 5) is 4.52. The van der Waals surface area contributed by atoms with Crippen molar-refractivity contribution in [3.05, 3.63) is 29.8 Å². The van der Waals surface area contributed by atoms with Gasteiger partial charge in [-0.25, -0.2) is 18.1 Å². The van der Waals surface area contributed by atoms with Gasteiger partial charge in [-0.2, -0.15) is 5.10 Å². The van der Waals surface area contributed by atoms with Crippen LogP contribution in [-0.2, 0) is 10.0 Å². The number of hydrazone groups is 1. The Morgan fingerprint density at radius 1 is 1.39 bits per heavy atom. The topological polar surface area (TPSA) is 74.1 Å². The third-order valence-corrected chi connectivity index (χ3v) is 5.16. The van der Waals surface area contributed by atoms with Crippen molar-refractivity contribution in [3.63, 3.8) is 0 Å². The Kier molecular flexibility index (Phi) is 5.41. The summed E-state index contributed by atoms with van der Waals surface area (Å²) in [6.45, 7) is 8.92. The van der Waals surface area contributed by atoms with Crippen LogP contribution in [0.25, 0.3) is 0 Å². The molecule has 0 fully saturated rings. The van der Waals surface area contributed by atoms with Crippen LogP contribution < -0.4 is 4.72 Å². The van der Waals surface area contributed by atoms with E-state index in [-0.39, 0.29) is 10.9 Å². The summed E-state index contributed by atoms with van der Waals surface area (Å²) >= 11 is 0. The summed E-state index contributed by atoms with van der Waals surface area (Å²) in [6, 6.07) is 6.80. The molecule has 0 aromatic heterocycles. The first kappa shape index (κ1) is 17.5. The van der Waals surface area contributed by atoms with Gasteiger partial charge in [0, 0.05) is 18.2 Å². The lowest BCUT2D eigenvalue weighted by Gasteiger charge is -2.19. The number of guanidine groups is 1. The van der Waals surface area contributed by atoms with Gasteiger partial charge in [0.25, 0.3) is 10.0 Å². The minimum Gasteiger partial charge on any atom is -0.251 e. The van der Waals surface area contributed by atoms with E-state index in [9.17, 15) is 8.42 Å². The van der Waals surface area contributed by atoms with Crippen LogP contribution in [0, 0.1) is 12.8 Å². The van der Waals surface area contributed by atoms with Crippen LogP contribution >= 0.6 is 0 Å². The highest BCUT2D eigenvalue weighted by atomic mass is 32.2. The summed E-state index contributed by atoms with van der Waals surface area (Å²) in [6.07, 6.45) is 0.968. The number of benzene rings is 1. The van der Waals surface area contributed by atoms with Crippen molar-refractivity contribution >= 4 is 21.7 Å². The highest BCUT2D eigenvalue weighted by Crippen LogP contribution is 2.18. The molecule has 0 spiro atoms. The summed E-state index contributed by atoms with van der Waals surface area (Å²) < 4.78 is 27.8. The first-order chi connectivity index (χ1) is 10.9. The van der Waals surface area contributed by atoms with Gasteiger partial charge in [0.05, 0.1) is 11.4 Å². The number of rotatable bonds is 4.